The predicted molar refractivity (Wildman–Crippen MR) is 81.1 cm³/mol. The highest BCUT2D eigenvalue weighted by molar-refractivity contribution is 5.86. The number of carboxylic acids is 1. The molecule has 1 atom stereocenters. The molecule has 1 aliphatic heterocycles. The lowest BCUT2D eigenvalue weighted by atomic mass is 9.83. The smallest absolute Gasteiger partial charge is 0.329 e. The zero-order chi connectivity index (χ0) is 15.5. The minimum atomic E-state index is -1.05. The van der Waals surface area contributed by atoms with Gasteiger partial charge in [-0.15, -0.1) is 0 Å². The molecule has 120 valence electrons. The second-order valence-corrected chi connectivity index (χ2v) is 7.00. The molecule has 1 saturated carbocycles. The summed E-state index contributed by atoms with van der Waals surface area (Å²) in [6.45, 7) is 5.16. The van der Waals surface area contributed by atoms with E-state index in [0.29, 0.717) is 25.4 Å². The molecule has 1 heterocycles. The highest BCUT2D eigenvalue weighted by Crippen LogP contribution is 2.29. The maximum absolute atomic E-state index is 12.4. The third-order valence-corrected chi connectivity index (χ3v) is 5.27. The van der Waals surface area contributed by atoms with E-state index in [-0.39, 0.29) is 6.03 Å². The van der Waals surface area contributed by atoms with Gasteiger partial charge in [0.25, 0.3) is 0 Å². The molecule has 1 aliphatic carbocycles. The lowest BCUT2D eigenvalue weighted by Gasteiger charge is -2.41. The van der Waals surface area contributed by atoms with Crippen LogP contribution in [0.4, 0.5) is 4.79 Å². The van der Waals surface area contributed by atoms with Crippen molar-refractivity contribution in [1.82, 2.24) is 10.2 Å². The van der Waals surface area contributed by atoms with Gasteiger partial charge in [-0.2, -0.15) is 0 Å². The van der Waals surface area contributed by atoms with Gasteiger partial charge in [0.1, 0.15) is 5.54 Å². The number of amides is 2. The van der Waals surface area contributed by atoms with Crippen LogP contribution >= 0.6 is 0 Å². The molecule has 2 fully saturated rings. The lowest BCUT2D eigenvalue weighted by Crippen LogP contribution is -2.60. The minimum absolute atomic E-state index is 0.210. The van der Waals surface area contributed by atoms with Crippen molar-refractivity contribution in [1.29, 1.82) is 0 Å². The zero-order valence-corrected chi connectivity index (χ0v) is 13.2. The summed E-state index contributed by atoms with van der Waals surface area (Å²) in [6.07, 6.45) is 7.09. The second kappa shape index (κ2) is 6.67. The van der Waals surface area contributed by atoms with Gasteiger partial charge in [-0.25, -0.2) is 9.59 Å². The number of carbonyl (C=O) groups excluding carboxylic acids is 1. The molecule has 5 heteroatoms. The highest BCUT2D eigenvalue weighted by Gasteiger charge is 2.44. The largest absolute Gasteiger partial charge is 0.480 e. The van der Waals surface area contributed by atoms with Crippen molar-refractivity contribution in [2.24, 2.45) is 11.8 Å². The quantitative estimate of drug-likeness (QED) is 0.841. The number of nitrogens with one attached hydrogen (secondary N) is 1. The van der Waals surface area contributed by atoms with Crippen LogP contribution in [0, 0.1) is 11.8 Å². The Morgan fingerprint density at radius 2 is 1.90 bits per heavy atom. The van der Waals surface area contributed by atoms with E-state index < -0.39 is 11.5 Å². The molecule has 5 nitrogen and oxygen atoms in total. The Balaban J connectivity index is 1.88. The number of carboxylic acid groups (broad SMARTS) is 1. The molecule has 0 spiro atoms. The normalized spacial score (nSPS) is 33.5. The Hall–Kier alpha value is -1.26. The maximum atomic E-state index is 12.4. The van der Waals surface area contributed by atoms with Crippen LogP contribution in [-0.4, -0.2) is 40.6 Å². The van der Waals surface area contributed by atoms with Gasteiger partial charge in [0.2, 0.25) is 0 Å². The molecule has 2 aliphatic rings. The number of urea groups is 1. The van der Waals surface area contributed by atoms with Crippen LogP contribution in [0.3, 0.4) is 0 Å². The highest BCUT2D eigenvalue weighted by atomic mass is 16.4. The van der Waals surface area contributed by atoms with Crippen molar-refractivity contribution in [2.45, 2.75) is 64.3 Å². The number of rotatable bonds is 3. The van der Waals surface area contributed by atoms with Crippen molar-refractivity contribution in [3.8, 4) is 0 Å². The van der Waals surface area contributed by atoms with E-state index in [2.05, 4.69) is 12.2 Å². The van der Waals surface area contributed by atoms with Gasteiger partial charge >= 0.3 is 12.0 Å². The molecule has 0 aromatic heterocycles. The molecule has 0 aromatic rings. The fourth-order valence-electron chi connectivity index (χ4n) is 3.53. The van der Waals surface area contributed by atoms with E-state index in [1.165, 1.54) is 17.7 Å². The summed E-state index contributed by atoms with van der Waals surface area (Å²) in [5, 5.41) is 12.4. The summed E-state index contributed by atoms with van der Waals surface area (Å²) in [6, 6.07) is -0.210. The number of nitrogens with zero attached hydrogens (tertiary/aromatic N) is 1. The fourth-order valence-corrected chi connectivity index (χ4v) is 3.53. The van der Waals surface area contributed by atoms with E-state index in [0.717, 1.165) is 31.6 Å². The number of hydrogen-bond donors (Lipinski definition) is 2. The third kappa shape index (κ3) is 3.69. The van der Waals surface area contributed by atoms with Crippen molar-refractivity contribution >= 4 is 12.0 Å². The minimum Gasteiger partial charge on any atom is -0.480 e. The van der Waals surface area contributed by atoms with Gasteiger partial charge in [0, 0.05) is 13.1 Å². The zero-order valence-electron chi connectivity index (χ0n) is 13.2. The molecule has 1 unspecified atom stereocenters. The van der Waals surface area contributed by atoms with Crippen LogP contribution in [0.5, 0.6) is 0 Å². The summed E-state index contributed by atoms with van der Waals surface area (Å²) in [5.74, 6) is 0.448. The van der Waals surface area contributed by atoms with Gasteiger partial charge in [-0.3, -0.25) is 0 Å². The number of hydrogen-bond acceptors (Lipinski definition) is 2. The second-order valence-electron chi connectivity index (χ2n) is 7.00. The molecule has 0 aromatic carbocycles. The third-order valence-electron chi connectivity index (χ3n) is 5.27. The van der Waals surface area contributed by atoms with E-state index in [4.69, 9.17) is 0 Å². The van der Waals surface area contributed by atoms with Crippen LogP contribution in [0.1, 0.15) is 58.8 Å². The Morgan fingerprint density at radius 1 is 1.24 bits per heavy atom. The van der Waals surface area contributed by atoms with Crippen LogP contribution in [0.25, 0.3) is 0 Å². The molecular formula is C16H28N2O3. The average molecular weight is 296 g/mol. The summed E-state index contributed by atoms with van der Waals surface area (Å²) in [5.41, 5.74) is -1.05. The van der Waals surface area contributed by atoms with Crippen LogP contribution in [0.2, 0.25) is 0 Å². The summed E-state index contributed by atoms with van der Waals surface area (Å²) in [4.78, 5) is 25.4. The monoisotopic (exact) mass is 296 g/mol. The van der Waals surface area contributed by atoms with Crippen LogP contribution < -0.4 is 5.32 Å². The van der Waals surface area contributed by atoms with Crippen molar-refractivity contribution in [3.05, 3.63) is 0 Å². The summed E-state index contributed by atoms with van der Waals surface area (Å²) in [7, 11) is 0. The molecule has 2 N–H and O–H groups in total. The molecule has 0 radical (unpaired) electrons. The molecule has 21 heavy (non-hydrogen) atoms. The molecule has 0 bridgehead atoms. The first kappa shape index (κ1) is 16.1. The summed E-state index contributed by atoms with van der Waals surface area (Å²) >= 11 is 0. The van der Waals surface area contributed by atoms with Crippen molar-refractivity contribution in [3.63, 3.8) is 0 Å². The van der Waals surface area contributed by atoms with E-state index >= 15 is 0 Å². The fraction of sp³-hybridized carbons (Fsp3) is 0.875. The Kier molecular flexibility index (Phi) is 5.12. The average Bonchev–Trinajstić information content (AvgIpc) is 2.46. The van der Waals surface area contributed by atoms with Gasteiger partial charge in [-0.05, 0) is 50.9 Å². The predicted octanol–water partition coefficient (Wildman–Crippen LogP) is 2.85. The SMILES string of the molecule is CC1CCC(CNC(=O)N2CCCCC2(C)C(=O)O)CC1. The Bertz CT molecular complexity index is 391. The van der Waals surface area contributed by atoms with Crippen molar-refractivity contribution < 1.29 is 14.7 Å². The molecule has 2 amide bonds. The Morgan fingerprint density at radius 3 is 2.52 bits per heavy atom. The number of aliphatic carboxylic acids is 1. The van der Waals surface area contributed by atoms with Gasteiger partial charge in [0.05, 0.1) is 0 Å². The first-order valence-electron chi connectivity index (χ1n) is 8.22. The van der Waals surface area contributed by atoms with Crippen LogP contribution in [-0.2, 0) is 4.79 Å². The topological polar surface area (TPSA) is 69.6 Å². The number of likely N-dealkylation sites (tertiary alicyclic amines) is 1. The molecular weight excluding hydrogens is 268 g/mol. The van der Waals surface area contributed by atoms with E-state index in [1.807, 2.05) is 0 Å². The number of carbonyl (C=O) groups is 2. The van der Waals surface area contributed by atoms with Crippen molar-refractivity contribution in [2.75, 3.05) is 13.1 Å². The van der Waals surface area contributed by atoms with Gasteiger partial charge in [0.15, 0.2) is 0 Å². The summed E-state index contributed by atoms with van der Waals surface area (Å²) < 4.78 is 0. The Labute approximate surface area is 127 Å². The lowest BCUT2D eigenvalue weighted by molar-refractivity contribution is -0.150. The van der Waals surface area contributed by atoms with Crippen LogP contribution in [0.15, 0.2) is 0 Å². The standard InChI is InChI=1S/C16H28N2O3/c1-12-5-7-13(8-6-12)11-17-15(21)18-10-4-3-9-16(18,2)14(19)20/h12-13H,3-11H2,1-2H3,(H,17,21)(H,19,20). The molecule has 1 saturated heterocycles. The van der Waals surface area contributed by atoms with Gasteiger partial charge in [-0.1, -0.05) is 19.8 Å². The first-order valence-corrected chi connectivity index (χ1v) is 8.22. The van der Waals surface area contributed by atoms with Gasteiger partial charge < -0.3 is 15.3 Å². The van der Waals surface area contributed by atoms with E-state index in [1.54, 1.807) is 6.92 Å². The first-order chi connectivity index (χ1) is 9.93. The maximum Gasteiger partial charge on any atom is 0.329 e. The molecule has 2 rings (SSSR count). The van der Waals surface area contributed by atoms with E-state index in [9.17, 15) is 14.7 Å². The number of piperidine rings is 1.